The molecule has 0 saturated heterocycles. The molecule has 0 aliphatic carbocycles. The summed E-state index contributed by atoms with van der Waals surface area (Å²) in [7, 11) is -2.89. The van der Waals surface area contributed by atoms with Gasteiger partial charge in [0.05, 0.1) is 22.2 Å². The van der Waals surface area contributed by atoms with E-state index in [2.05, 4.69) is 9.72 Å². The quantitative estimate of drug-likeness (QED) is 0.301. The van der Waals surface area contributed by atoms with Crippen molar-refractivity contribution >= 4 is 48.4 Å². The number of aromatic nitrogens is 1. The first-order chi connectivity index (χ1) is 15.3. The van der Waals surface area contributed by atoms with E-state index in [0.717, 1.165) is 30.5 Å². The molecule has 3 rings (SSSR count). The predicted octanol–water partition coefficient (Wildman–Crippen LogP) is 3.11. The number of fused-ring (bicyclic) bond motifs is 1. The van der Waals surface area contributed by atoms with Gasteiger partial charge in [-0.3, -0.25) is 4.79 Å². The van der Waals surface area contributed by atoms with E-state index in [0.29, 0.717) is 18.4 Å². The van der Waals surface area contributed by atoms with E-state index in [1.165, 1.54) is 18.2 Å². The summed E-state index contributed by atoms with van der Waals surface area (Å²) in [6.07, 6.45) is -4.45. The number of ether oxygens (including phenoxy) is 1. The molecule has 1 unspecified atom stereocenters. The summed E-state index contributed by atoms with van der Waals surface area (Å²) >= 11 is 0.628. The number of hydrogen-bond acceptors (Lipinski definition) is 8. The fourth-order valence-electron chi connectivity index (χ4n) is 2.74. The molecule has 2 aromatic carbocycles. The highest BCUT2D eigenvalue weighted by Gasteiger charge is 2.64. The fourth-order valence-corrected chi connectivity index (χ4v) is 4.42. The van der Waals surface area contributed by atoms with Crippen molar-refractivity contribution in [3.8, 4) is 0 Å². The monoisotopic (exact) mass is 505 g/mol. The van der Waals surface area contributed by atoms with Crippen LogP contribution in [-0.4, -0.2) is 50.5 Å². The van der Waals surface area contributed by atoms with Crippen molar-refractivity contribution in [1.29, 1.82) is 0 Å². The van der Waals surface area contributed by atoms with Crippen LogP contribution in [0.25, 0.3) is 10.2 Å². The van der Waals surface area contributed by atoms with Crippen molar-refractivity contribution in [1.82, 2.24) is 10.3 Å². The molecular formula is C19H15F4N3O5S2. The van der Waals surface area contributed by atoms with E-state index in [1.54, 1.807) is 5.32 Å². The number of hydrogen-bond donors (Lipinski definition) is 2. The first-order valence-electron chi connectivity index (χ1n) is 8.89. The molecule has 3 aromatic rings. The zero-order valence-corrected chi connectivity index (χ0v) is 18.5. The number of thiazole rings is 1. The highest BCUT2D eigenvalue weighted by molar-refractivity contribution is 7.90. The minimum atomic E-state index is -5.41. The number of benzene rings is 2. The van der Waals surface area contributed by atoms with Crippen molar-refractivity contribution in [2.75, 3.05) is 18.7 Å². The van der Waals surface area contributed by atoms with Gasteiger partial charge in [0.2, 0.25) is 0 Å². The molecule has 0 radical (unpaired) electrons. The van der Waals surface area contributed by atoms with Crippen LogP contribution in [0, 0.1) is 5.82 Å². The second-order valence-corrected chi connectivity index (χ2v) is 9.79. The van der Waals surface area contributed by atoms with Crippen LogP contribution in [0.1, 0.15) is 10.4 Å². The molecule has 1 heterocycles. The Morgan fingerprint density at radius 2 is 1.73 bits per heavy atom. The molecule has 8 nitrogen and oxygen atoms in total. The largest absolute Gasteiger partial charge is 0.466 e. The molecule has 0 aliphatic heterocycles. The van der Waals surface area contributed by atoms with Crippen LogP contribution in [0.2, 0.25) is 0 Å². The van der Waals surface area contributed by atoms with Crippen LogP contribution < -0.4 is 10.6 Å². The maximum absolute atomic E-state index is 14.2. The molecular weight excluding hydrogens is 490 g/mol. The molecule has 0 spiro atoms. The SMILES string of the molecule is COC(=O)C(NC(=O)c1ccc(F)cc1)(Nc1nc2ccc(S(C)(=O)=O)cc2s1)C(F)(F)F. The van der Waals surface area contributed by atoms with E-state index in [9.17, 15) is 35.6 Å². The Morgan fingerprint density at radius 1 is 1.09 bits per heavy atom. The van der Waals surface area contributed by atoms with Crippen molar-refractivity contribution in [3.63, 3.8) is 0 Å². The van der Waals surface area contributed by atoms with Crippen molar-refractivity contribution in [2.45, 2.75) is 16.7 Å². The molecule has 14 heteroatoms. The average Bonchev–Trinajstić information content (AvgIpc) is 3.13. The van der Waals surface area contributed by atoms with Gasteiger partial charge in [0.15, 0.2) is 15.0 Å². The lowest BCUT2D eigenvalue weighted by Gasteiger charge is -2.34. The second-order valence-electron chi connectivity index (χ2n) is 6.75. The van der Waals surface area contributed by atoms with E-state index in [4.69, 9.17) is 0 Å². The van der Waals surface area contributed by atoms with Gasteiger partial charge in [-0.15, -0.1) is 0 Å². The summed E-state index contributed by atoms with van der Waals surface area (Å²) in [5.74, 6) is -3.95. The van der Waals surface area contributed by atoms with Crippen LogP contribution in [0.5, 0.6) is 0 Å². The number of nitrogens with one attached hydrogen (secondary N) is 2. The lowest BCUT2D eigenvalue weighted by molar-refractivity contribution is -0.203. The van der Waals surface area contributed by atoms with E-state index in [1.807, 2.05) is 5.32 Å². The Morgan fingerprint density at radius 3 is 2.27 bits per heavy atom. The Bertz CT molecular complexity index is 1320. The van der Waals surface area contributed by atoms with Crippen molar-refractivity contribution in [3.05, 3.63) is 53.8 Å². The molecule has 2 N–H and O–H groups in total. The number of carbonyl (C=O) groups excluding carboxylic acids is 2. The predicted molar refractivity (Wildman–Crippen MR) is 111 cm³/mol. The Labute approximate surface area is 188 Å². The Balaban J connectivity index is 2.06. The molecule has 1 atom stereocenters. The summed E-state index contributed by atoms with van der Waals surface area (Å²) < 4.78 is 83.6. The lowest BCUT2D eigenvalue weighted by Crippen LogP contribution is -2.69. The van der Waals surface area contributed by atoms with Gasteiger partial charge in [0, 0.05) is 11.8 Å². The third kappa shape index (κ3) is 4.90. The summed E-state index contributed by atoms with van der Waals surface area (Å²) in [4.78, 5) is 28.7. The Hall–Kier alpha value is -3.26. The van der Waals surface area contributed by atoms with Crippen molar-refractivity contribution in [2.24, 2.45) is 0 Å². The molecule has 0 fully saturated rings. The average molecular weight is 505 g/mol. The summed E-state index contributed by atoms with van der Waals surface area (Å²) in [6.45, 7) is 0. The maximum atomic E-state index is 14.2. The number of nitrogens with zero attached hydrogens (tertiary/aromatic N) is 1. The van der Waals surface area contributed by atoms with Crippen LogP contribution in [0.3, 0.4) is 0 Å². The van der Waals surface area contributed by atoms with Gasteiger partial charge < -0.3 is 15.4 Å². The standard InChI is InChI=1S/C19H15F4N3O5S2/c1-31-16(28)18(19(21,22)23,25-15(27)10-3-5-11(20)6-4-10)26-17-24-13-8-7-12(33(2,29)30)9-14(13)32-17/h3-9H,1-2H3,(H,24,26)(H,25,27). The number of halogens is 4. The van der Waals surface area contributed by atoms with Gasteiger partial charge in [-0.2, -0.15) is 13.2 Å². The van der Waals surface area contributed by atoms with E-state index < -0.39 is 44.5 Å². The molecule has 176 valence electrons. The summed E-state index contributed by atoms with van der Waals surface area (Å²) in [6, 6.07) is 7.34. The number of amides is 1. The van der Waals surface area contributed by atoms with Crippen LogP contribution in [0.15, 0.2) is 47.4 Å². The first-order valence-corrected chi connectivity index (χ1v) is 11.6. The Kier molecular flexibility index (Phi) is 6.35. The molecule has 1 amide bonds. The van der Waals surface area contributed by atoms with Gasteiger partial charge in [0.1, 0.15) is 5.82 Å². The van der Waals surface area contributed by atoms with Crippen LogP contribution >= 0.6 is 11.3 Å². The number of methoxy groups -OCH3 is 1. The van der Waals surface area contributed by atoms with Crippen LogP contribution in [-0.2, 0) is 19.4 Å². The van der Waals surface area contributed by atoms with Crippen LogP contribution in [0.4, 0.5) is 22.7 Å². The first kappa shape index (κ1) is 24.4. The summed E-state index contributed by atoms with van der Waals surface area (Å²) in [5.41, 5.74) is -3.95. The van der Waals surface area contributed by atoms with Gasteiger partial charge in [-0.05, 0) is 42.5 Å². The van der Waals surface area contributed by atoms with E-state index in [-0.39, 0.29) is 20.7 Å². The minimum Gasteiger partial charge on any atom is -0.466 e. The highest BCUT2D eigenvalue weighted by Crippen LogP contribution is 2.36. The number of sulfone groups is 1. The molecule has 0 bridgehead atoms. The van der Waals surface area contributed by atoms with Gasteiger partial charge in [-0.1, -0.05) is 11.3 Å². The normalized spacial score (nSPS) is 13.9. The molecule has 0 saturated carbocycles. The topological polar surface area (TPSA) is 114 Å². The zero-order valence-electron chi connectivity index (χ0n) is 16.9. The smallest absolute Gasteiger partial charge is 0.442 e. The van der Waals surface area contributed by atoms with Gasteiger partial charge in [-0.25, -0.2) is 22.6 Å². The number of rotatable bonds is 6. The lowest BCUT2D eigenvalue weighted by atomic mass is 10.1. The van der Waals surface area contributed by atoms with Crippen molar-refractivity contribution < 1.29 is 40.3 Å². The third-order valence-electron chi connectivity index (χ3n) is 4.41. The summed E-state index contributed by atoms with van der Waals surface area (Å²) in [5, 5.41) is 3.03. The number of esters is 1. The maximum Gasteiger partial charge on any atom is 0.442 e. The molecule has 33 heavy (non-hydrogen) atoms. The third-order valence-corrected chi connectivity index (χ3v) is 6.45. The number of anilines is 1. The zero-order chi connectivity index (χ0) is 24.6. The highest BCUT2D eigenvalue weighted by atomic mass is 32.2. The molecule has 1 aromatic heterocycles. The fraction of sp³-hybridized carbons (Fsp3) is 0.211. The number of carbonyl (C=O) groups is 2. The molecule has 0 aliphatic rings. The van der Waals surface area contributed by atoms with E-state index >= 15 is 0 Å². The second kappa shape index (κ2) is 8.59. The van der Waals surface area contributed by atoms with Gasteiger partial charge >= 0.3 is 17.8 Å². The minimum absolute atomic E-state index is 0.0788. The van der Waals surface area contributed by atoms with Gasteiger partial charge in [0.25, 0.3) is 5.91 Å². The number of alkyl halides is 3.